The summed E-state index contributed by atoms with van der Waals surface area (Å²) < 4.78 is 1.97. The Hall–Kier alpha value is -3.30. The van der Waals surface area contributed by atoms with Crippen molar-refractivity contribution in [3.63, 3.8) is 0 Å². The Morgan fingerprint density at radius 3 is 2.79 bits per heavy atom. The summed E-state index contributed by atoms with van der Waals surface area (Å²) in [5.41, 5.74) is 4.49. The fraction of sp³-hybridized carbons (Fsp3) is 0.304. The second kappa shape index (κ2) is 7.26. The maximum Gasteiger partial charge on any atom is 0.258 e. The van der Waals surface area contributed by atoms with E-state index < -0.39 is 0 Å². The van der Waals surface area contributed by atoms with E-state index in [0.717, 1.165) is 43.9 Å². The Kier molecular flexibility index (Phi) is 4.45. The van der Waals surface area contributed by atoms with E-state index in [1.165, 1.54) is 11.9 Å². The summed E-state index contributed by atoms with van der Waals surface area (Å²) in [4.78, 5) is 23.7. The minimum absolute atomic E-state index is 0.0576. The van der Waals surface area contributed by atoms with Gasteiger partial charge in [0.2, 0.25) is 0 Å². The van der Waals surface area contributed by atoms with Crippen LogP contribution in [-0.2, 0) is 13.1 Å². The number of pyridine rings is 1. The van der Waals surface area contributed by atoms with E-state index in [1.54, 1.807) is 12.4 Å². The van der Waals surface area contributed by atoms with Gasteiger partial charge in [-0.15, -0.1) is 0 Å². The highest BCUT2D eigenvalue weighted by molar-refractivity contribution is 5.60. The van der Waals surface area contributed by atoms with Gasteiger partial charge in [0.05, 0.1) is 17.2 Å². The lowest BCUT2D eigenvalue weighted by molar-refractivity contribution is 0.114. The van der Waals surface area contributed by atoms with Crippen molar-refractivity contribution in [3.05, 3.63) is 82.3 Å². The first kappa shape index (κ1) is 17.8. The number of piperidine rings is 1. The van der Waals surface area contributed by atoms with Crippen LogP contribution in [0.2, 0.25) is 0 Å². The van der Waals surface area contributed by atoms with Crippen LogP contribution in [0.1, 0.15) is 29.2 Å². The van der Waals surface area contributed by atoms with Gasteiger partial charge in [0.1, 0.15) is 6.33 Å². The molecule has 2 aliphatic rings. The topological polar surface area (TPSA) is 74.8 Å². The molecule has 2 aliphatic heterocycles. The van der Waals surface area contributed by atoms with Crippen molar-refractivity contribution >= 4 is 0 Å². The van der Waals surface area contributed by atoms with Crippen molar-refractivity contribution in [2.45, 2.75) is 25.4 Å². The van der Waals surface area contributed by atoms with Crippen LogP contribution in [0.15, 0.2) is 59.9 Å². The molecule has 1 fully saturated rings. The van der Waals surface area contributed by atoms with Crippen LogP contribution in [-0.4, -0.2) is 32.5 Å². The molecule has 4 heterocycles. The SMILES string of the molecule is N#Cc1cccc(CN2CC3CC(C2)c2ccc(-c4cncnc4)c(=O)n2C3)c1. The van der Waals surface area contributed by atoms with E-state index in [9.17, 15) is 4.79 Å². The van der Waals surface area contributed by atoms with Crippen LogP contribution in [0.3, 0.4) is 0 Å². The lowest BCUT2D eigenvalue weighted by atomic mass is 9.82. The number of nitrogens with zero attached hydrogens (tertiary/aromatic N) is 5. The Balaban J connectivity index is 1.42. The number of hydrogen-bond donors (Lipinski definition) is 0. The van der Waals surface area contributed by atoms with Gasteiger partial charge in [-0.3, -0.25) is 9.69 Å². The molecule has 29 heavy (non-hydrogen) atoms. The van der Waals surface area contributed by atoms with Crippen molar-refractivity contribution in [1.82, 2.24) is 19.4 Å². The number of likely N-dealkylation sites (tertiary alicyclic amines) is 1. The number of aromatic nitrogens is 3. The monoisotopic (exact) mass is 383 g/mol. The molecule has 2 aromatic heterocycles. The molecule has 3 aromatic rings. The summed E-state index contributed by atoms with van der Waals surface area (Å²) in [7, 11) is 0. The smallest absolute Gasteiger partial charge is 0.258 e. The first-order valence-corrected chi connectivity index (χ1v) is 9.92. The van der Waals surface area contributed by atoms with Gasteiger partial charge in [-0.25, -0.2) is 9.97 Å². The third-order valence-corrected chi connectivity index (χ3v) is 6.01. The van der Waals surface area contributed by atoms with Crippen LogP contribution >= 0.6 is 0 Å². The van der Waals surface area contributed by atoms with Gasteiger partial charge >= 0.3 is 0 Å². The highest BCUT2D eigenvalue weighted by Crippen LogP contribution is 2.36. The molecule has 0 aliphatic carbocycles. The molecule has 2 atom stereocenters. The molecule has 0 saturated carbocycles. The lowest BCUT2D eigenvalue weighted by Gasteiger charge is -2.43. The van der Waals surface area contributed by atoms with Crippen molar-refractivity contribution < 1.29 is 0 Å². The number of fused-ring (bicyclic) bond motifs is 4. The highest BCUT2D eigenvalue weighted by atomic mass is 16.1. The summed E-state index contributed by atoms with van der Waals surface area (Å²) in [6.45, 7) is 3.49. The molecule has 1 aromatic carbocycles. The van der Waals surface area contributed by atoms with Crippen molar-refractivity contribution in [2.75, 3.05) is 13.1 Å². The van der Waals surface area contributed by atoms with E-state index in [2.05, 4.69) is 33.1 Å². The maximum absolute atomic E-state index is 13.2. The Morgan fingerprint density at radius 2 is 1.97 bits per heavy atom. The predicted molar refractivity (Wildman–Crippen MR) is 109 cm³/mol. The number of rotatable bonds is 3. The normalized spacial score (nSPS) is 20.7. The van der Waals surface area contributed by atoms with E-state index >= 15 is 0 Å². The van der Waals surface area contributed by atoms with E-state index in [4.69, 9.17) is 5.26 Å². The predicted octanol–water partition coefficient (Wildman–Crippen LogP) is 2.80. The second-order valence-electron chi connectivity index (χ2n) is 8.02. The summed E-state index contributed by atoms with van der Waals surface area (Å²) in [6.07, 6.45) is 5.99. The Labute approximate surface area is 169 Å². The minimum Gasteiger partial charge on any atom is -0.311 e. The average Bonchev–Trinajstić information content (AvgIpc) is 2.75. The fourth-order valence-electron chi connectivity index (χ4n) is 4.83. The Morgan fingerprint density at radius 1 is 1.10 bits per heavy atom. The summed E-state index contributed by atoms with van der Waals surface area (Å²) >= 11 is 0. The van der Waals surface area contributed by atoms with Gasteiger partial charge in [0.15, 0.2) is 0 Å². The lowest BCUT2D eigenvalue weighted by Crippen LogP contribution is -2.46. The zero-order valence-corrected chi connectivity index (χ0v) is 16.0. The average molecular weight is 383 g/mol. The number of benzene rings is 1. The molecule has 0 spiro atoms. The molecule has 1 saturated heterocycles. The molecule has 6 heteroatoms. The number of hydrogen-bond acceptors (Lipinski definition) is 5. The van der Waals surface area contributed by atoms with Crippen LogP contribution in [0.5, 0.6) is 0 Å². The van der Waals surface area contributed by atoms with Crippen LogP contribution in [0.25, 0.3) is 11.1 Å². The van der Waals surface area contributed by atoms with Crippen molar-refractivity contribution in [3.8, 4) is 17.2 Å². The summed E-state index contributed by atoms with van der Waals surface area (Å²) in [5, 5.41) is 9.14. The van der Waals surface area contributed by atoms with Crippen LogP contribution in [0, 0.1) is 17.2 Å². The Bertz CT molecular complexity index is 1150. The zero-order chi connectivity index (χ0) is 19.8. The molecule has 0 radical (unpaired) electrons. The molecular formula is C23H21N5O. The molecule has 2 unspecified atom stereocenters. The maximum atomic E-state index is 13.2. The summed E-state index contributed by atoms with van der Waals surface area (Å²) in [6, 6.07) is 14.1. The first-order chi connectivity index (χ1) is 14.2. The van der Waals surface area contributed by atoms with Crippen LogP contribution in [0.4, 0.5) is 0 Å². The van der Waals surface area contributed by atoms with Gasteiger partial charge in [-0.05, 0) is 42.2 Å². The number of nitriles is 1. The van der Waals surface area contributed by atoms with E-state index in [-0.39, 0.29) is 5.56 Å². The molecule has 144 valence electrons. The van der Waals surface area contributed by atoms with Crippen LogP contribution < -0.4 is 5.56 Å². The quantitative estimate of drug-likeness (QED) is 0.695. The zero-order valence-electron chi connectivity index (χ0n) is 16.0. The fourth-order valence-corrected chi connectivity index (χ4v) is 4.83. The molecule has 6 nitrogen and oxygen atoms in total. The standard InChI is InChI=1S/C23H21N5O/c24-8-16-2-1-3-17(6-16)11-27-12-18-7-19(14-27)22-5-4-21(23(29)28(22)13-18)20-9-25-15-26-10-20/h1-6,9-10,15,18-19H,7,11-14H2. The van der Waals surface area contributed by atoms with Gasteiger partial charge in [0.25, 0.3) is 5.56 Å². The molecule has 5 rings (SSSR count). The molecule has 0 N–H and O–H groups in total. The van der Waals surface area contributed by atoms with Crippen molar-refractivity contribution in [2.24, 2.45) is 5.92 Å². The summed E-state index contributed by atoms with van der Waals surface area (Å²) in [5.74, 6) is 0.816. The van der Waals surface area contributed by atoms with Gasteiger partial charge in [-0.2, -0.15) is 5.26 Å². The molecule has 2 bridgehead atoms. The van der Waals surface area contributed by atoms with Gasteiger partial charge < -0.3 is 4.57 Å². The highest BCUT2D eigenvalue weighted by Gasteiger charge is 2.35. The third kappa shape index (κ3) is 3.34. The van der Waals surface area contributed by atoms with Gasteiger partial charge in [-0.1, -0.05) is 12.1 Å². The van der Waals surface area contributed by atoms with Crippen molar-refractivity contribution in [1.29, 1.82) is 5.26 Å². The minimum atomic E-state index is 0.0576. The largest absolute Gasteiger partial charge is 0.311 e. The molecule has 0 amide bonds. The molecular weight excluding hydrogens is 362 g/mol. The van der Waals surface area contributed by atoms with Gasteiger partial charge in [0, 0.05) is 55.7 Å². The second-order valence-corrected chi connectivity index (χ2v) is 8.02. The van der Waals surface area contributed by atoms with E-state index in [0.29, 0.717) is 23.0 Å². The third-order valence-electron chi connectivity index (χ3n) is 6.01. The van der Waals surface area contributed by atoms with E-state index in [1.807, 2.05) is 28.8 Å². The first-order valence-electron chi connectivity index (χ1n) is 9.92.